The Morgan fingerprint density at radius 3 is 2.54 bits per heavy atom. The van der Waals surface area contributed by atoms with Crippen molar-refractivity contribution >= 4 is 5.78 Å². The van der Waals surface area contributed by atoms with Crippen LogP contribution >= 0.6 is 0 Å². The van der Waals surface area contributed by atoms with Gasteiger partial charge >= 0.3 is 0 Å². The van der Waals surface area contributed by atoms with Crippen LogP contribution < -0.4 is 5.32 Å². The first-order chi connectivity index (χ1) is 11.6. The van der Waals surface area contributed by atoms with Crippen LogP contribution in [0, 0.1) is 0 Å². The van der Waals surface area contributed by atoms with E-state index in [1.807, 2.05) is 32.2 Å². The van der Waals surface area contributed by atoms with Crippen molar-refractivity contribution < 1.29 is 13.7 Å². The summed E-state index contributed by atoms with van der Waals surface area (Å²) in [6, 6.07) is 11.2. The summed E-state index contributed by atoms with van der Waals surface area (Å²) >= 11 is 0. The van der Waals surface area contributed by atoms with Crippen LogP contribution in [0.4, 0.5) is 0 Å². The summed E-state index contributed by atoms with van der Waals surface area (Å²) in [7, 11) is 1.89. The van der Waals surface area contributed by atoms with Gasteiger partial charge in [-0.25, -0.2) is 0 Å². The van der Waals surface area contributed by atoms with E-state index in [0.717, 1.165) is 5.56 Å². The molecule has 3 rings (SSSR count). The maximum absolute atomic E-state index is 11.3. The molecule has 1 aromatic carbocycles. The topological polar surface area (TPSA) is 81.2 Å². The number of hydrogen-bond donors (Lipinski definition) is 1. The standard InChI is InChI=1S/C18H19N3O3/c1-11(19-3)10-17-20-18(24-21-17)16-9-8-15(23-16)14-6-4-13(5-7-14)12(2)22/h4-9,11,19H,10H2,1-3H3. The van der Waals surface area contributed by atoms with Crippen molar-refractivity contribution in [1.29, 1.82) is 0 Å². The molecule has 124 valence electrons. The Morgan fingerprint density at radius 2 is 1.88 bits per heavy atom. The van der Waals surface area contributed by atoms with Gasteiger partial charge in [0.05, 0.1) is 0 Å². The molecule has 0 saturated carbocycles. The minimum Gasteiger partial charge on any atom is -0.451 e. The molecule has 2 aromatic heterocycles. The molecule has 2 heterocycles. The smallest absolute Gasteiger partial charge is 0.293 e. The highest BCUT2D eigenvalue weighted by Gasteiger charge is 2.15. The third-order valence-corrected chi connectivity index (χ3v) is 3.84. The Bertz CT molecular complexity index is 833. The maximum atomic E-state index is 11.3. The molecule has 1 atom stereocenters. The van der Waals surface area contributed by atoms with Crippen molar-refractivity contribution in [3.63, 3.8) is 0 Å². The molecule has 0 aliphatic carbocycles. The molecule has 0 bridgehead atoms. The van der Waals surface area contributed by atoms with Gasteiger partial charge in [0.1, 0.15) is 5.76 Å². The first kappa shape index (κ1) is 16.1. The molecule has 6 heteroatoms. The number of hydrogen-bond acceptors (Lipinski definition) is 6. The summed E-state index contributed by atoms with van der Waals surface area (Å²) in [5.74, 6) is 2.24. The quantitative estimate of drug-likeness (QED) is 0.700. The number of rotatable bonds is 6. The Hall–Kier alpha value is -2.73. The Kier molecular flexibility index (Phi) is 4.57. The van der Waals surface area contributed by atoms with Crippen LogP contribution in [-0.2, 0) is 6.42 Å². The maximum Gasteiger partial charge on any atom is 0.293 e. The van der Waals surface area contributed by atoms with Crippen LogP contribution in [-0.4, -0.2) is 29.0 Å². The average Bonchev–Trinajstić information content (AvgIpc) is 3.24. The fourth-order valence-electron chi connectivity index (χ4n) is 2.29. The number of likely N-dealkylation sites (N-methyl/N-ethyl adjacent to an activating group) is 1. The van der Waals surface area contributed by atoms with Crippen molar-refractivity contribution in [2.24, 2.45) is 0 Å². The van der Waals surface area contributed by atoms with E-state index in [-0.39, 0.29) is 11.8 Å². The minimum atomic E-state index is 0.0378. The number of furan rings is 1. The van der Waals surface area contributed by atoms with E-state index >= 15 is 0 Å². The summed E-state index contributed by atoms with van der Waals surface area (Å²) in [5.41, 5.74) is 1.56. The molecule has 0 aliphatic rings. The van der Waals surface area contributed by atoms with Crippen molar-refractivity contribution in [2.45, 2.75) is 26.3 Å². The summed E-state index contributed by atoms with van der Waals surface area (Å²) in [5, 5.41) is 7.10. The molecule has 0 fully saturated rings. The first-order valence-electron chi connectivity index (χ1n) is 7.78. The molecule has 0 radical (unpaired) electrons. The number of nitrogens with one attached hydrogen (secondary N) is 1. The zero-order valence-corrected chi connectivity index (χ0v) is 13.9. The summed E-state index contributed by atoms with van der Waals surface area (Å²) in [4.78, 5) is 15.7. The second kappa shape index (κ2) is 6.80. The average molecular weight is 325 g/mol. The number of carbonyl (C=O) groups excluding carboxylic acids is 1. The second-order valence-corrected chi connectivity index (χ2v) is 5.71. The van der Waals surface area contributed by atoms with E-state index in [1.165, 1.54) is 0 Å². The van der Waals surface area contributed by atoms with Gasteiger partial charge in [-0.3, -0.25) is 4.79 Å². The van der Waals surface area contributed by atoms with Crippen molar-refractivity contribution in [3.05, 3.63) is 47.8 Å². The Morgan fingerprint density at radius 1 is 1.17 bits per heavy atom. The number of nitrogens with zero attached hydrogens (tertiary/aromatic N) is 2. The SMILES string of the molecule is CNC(C)Cc1noc(-c2ccc(-c3ccc(C(C)=O)cc3)o2)n1. The van der Waals surface area contributed by atoms with E-state index in [1.54, 1.807) is 25.1 Å². The molecule has 0 amide bonds. The summed E-state index contributed by atoms with van der Waals surface area (Å²) < 4.78 is 11.1. The number of ketones is 1. The lowest BCUT2D eigenvalue weighted by Crippen LogP contribution is -2.24. The molecule has 0 aliphatic heterocycles. The minimum absolute atomic E-state index is 0.0378. The zero-order valence-electron chi connectivity index (χ0n) is 13.9. The largest absolute Gasteiger partial charge is 0.451 e. The third kappa shape index (κ3) is 3.44. The fraction of sp³-hybridized carbons (Fsp3) is 0.278. The van der Waals surface area contributed by atoms with Crippen LogP contribution in [0.5, 0.6) is 0 Å². The fourth-order valence-corrected chi connectivity index (χ4v) is 2.29. The molecule has 0 spiro atoms. The Balaban J connectivity index is 1.79. The Labute approximate surface area is 139 Å². The van der Waals surface area contributed by atoms with Crippen LogP contribution in [0.2, 0.25) is 0 Å². The van der Waals surface area contributed by atoms with Gasteiger partial charge in [0.25, 0.3) is 5.89 Å². The van der Waals surface area contributed by atoms with Gasteiger partial charge in [-0.1, -0.05) is 29.4 Å². The van der Waals surface area contributed by atoms with Crippen molar-refractivity contribution in [1.82, 2.24) is 15.5 Å². The lowest BCUT2D eigenvalue weighted by molar-refractivity contribution is 0.101. The molecule has 1 unspecified atom stereocenters. The van der Waals surface area contributed by atoms with Crippen LogP contribution in [0.25, 0.3) is 23.0 Å². The van der Waals surface area contributed by atoms with Crippen LogP contribution in [0.15, 0.2) is 45.3 Å². The molecule has 3 aromatic rings. The molecular formula is C18H19N3O3. The number of aromatic nitrogens is 2. The van der Waals surface area contributed by atoms with E-state index in [9.17, 15) is 4.79 Å². The van der Waals surface area contributed by atoms with Crippen LogP contribution in [0.3, 0.4) is 0 Å². The van der Waals surface area contributed by atoms with E-state index in [2.05, 4.69) is 15.5 Å². The second-order valence-electron chi connectivity index (χ2n) is 5.71. The normalized spacial score (nSPS) is 12.3. The van der Waals surface area contributed by atoms with Gasteiger partial charge < -0.3 is 14.3 Å². The summed E-state index contributed by atoms with van der Waals surface area (Å²) in [6.07, 6.45) is 0.681. The highest BCUT2D eigenvalue weighted by Crippen LogP contribution is 2.28. The van der Waals surface area contributed by atoms with Crippen molar-refractivity contribution in [2.75, 3.05) is 7.05 Å². The number of benzene rings is 1. The van der Waals surface area contributed by atoms with Gasteiger partial charge in [-0.15, -0.1) is 0 Å². The summed E-state index contributed by atoms with van der Waals surface area (Å²) in [6.45, 7) is 3.59. The predicted octanol–water partition coefficient (Wildman–Crippen LogP) is 3.35. The lowest BCUT2D eigenvalue weighted by atomic mass is 10.1. The molecule has 1 N–H and O–H groups in total. The van der Waals surface area contributed by atoms with Crippen LogP contribution in [0.1, 0.15) is 30.0 Å². The van der Waals surface area contributed by atoms with E-state index < -0.39 is 0 Å². The molecule has 24 heavy (non-hydrogen) atoms. The zero-order chi connectivity index (χ0) is 17.1. The highest BCUT2D eigenvalue weighted by atomic mass is 16.5. The van der Waals surface area contributed by atoms with Crippen molar-refractivity contribution in [3.8, 4) is 23.0 Å². The van der Waals surface area contributed by atoms with E-state index in [4.69, 9.17) is 8.94 Å². The van der Waals surface area contributed by atoms with E-state index in [0.29, 0.717) is 35.2 Å². The number of carbonyl (C=O) groups is 1. The lowest BCUT2D eigenvalue weighted by Gasteiger charge is -2.04. The number of Topliss-reactive ketones (excluding diaryl/α,β-unsaturated/α-hetero) is 1. The molecular weight excluding hydrogens is 306 g/mol. The highest BCUT2D eigenvalue weighted by molar-refractivity contribution is 5.94. The van der Waals surface area contributed by atoms with Gasteiger partial charge in [0.15, 0.2) is 17.4 Å². The van der Waals surface area contributed by atoms with Gasteiger partial charge in [-0.2, -0.15) is 4.98 Å². The van der Waals surface area contributed by atoms with Gasteiger partial charge in [0, 0.05) is 23.6 Å². The molecule has 6 nitrogen and oxygen atoms in total. The monoisotopic (exact) mass is 325 g/mol. The predicted molar refractivity (Wildman–Crippen MR) is 89.7 cm³/mol. The third-order valence-electron chi connectivity index (χ3n) is 3.84. The molecule has 0 saturated heterocycles. The van der Waals surface area contributed by atoms with Gasteiger partial charge in [-0.05, 0) is 33.0 Å². The first-order valence-corrected chi connectivity index (χ1v) is 7.78. The van der Waals surface area contributed by atoms with Gasteiger partial charge in [0.2, 0.25) is 0 Å².